The maximum absolute atomic E-state index is 12.0. The second-order valence-corrected chi connectivity index (χ2v) is 6.24. The Bertz CT molecular complexity index is 389. The zero-order valence-corrected chi connectivity index (χ0v) is 11.6. The average molecular weight is 271 g/mol. The molecule has 108 valence electrons. The van der Waals surface area contributed by atoms with Crippen molar-refractivity contribution in [1.82, 2.24) is 4.90 Å². The monoisotopic (exact) mass is 271 g/mol. The number of hydrogen-bond acceptors (Lipinski definition) is 4. The molecule has 0 spiro atoms. The lowest BCUT2D eigenvalue weighted by Gasteiger charge is -2.34. The van der Waals surface area contributed by atoms with Gasteiger partial charge in [-0.05, 0) is 33.6 Å². The predicted octanol–water partition coefficient (Wildman–Crippen LogP) is 1.49. The van der Waals surface area contributed by atoms with Crippen LogP contribution in [-0.2, 0) is 14.3 Å². The number of carbonyl (C=O) groups is 2. The van der Waals surface area contributed by atoms with Crippen molar-refractivity contribution in [3.05, 3.63) is 0 Å². The van der Waals surface area contributed by atoms with E-state index >= 15 is 0 Å². The molecule has 19 heavy (non-hydrogen) atoms. The van der Waals surface area contributed by atoms with Crippen LogP contribution in [0.4, 0.5) is 4.79 Å². The Hall–Kier alpha value is -1.30. The molecule has 0 saturated carbocycles. The van der Waals surface area contributed by atoms with E-state index in [9.17, 15) is 14.7 Å². The summed E-state index contributed by atoms with van der Waals surface area (Å²) in [6.07, 6.45) is 1.14. The average Bonchev–Trinajstić information content (AvgIpc) is 2.67. The van der Waals surface area contributed by atoms with Crippen LogP contribution in [0.2, 0.25) is 0 Å². The summed E-state index contributed by atoms with van der Waals surface area (Å²) in [5, 5.41) is 9.43. The third-order valence-corrected chi connectivity index (χ3v) is 3.60. The number of carboxylic acid groups (broad SMARTS) is 1. The molecule has 0 aromatic carbocycles. The van der Waals surface area contributed by atoms with Crippen LogP contribution in [0.5, 0.6) is 0 Å². The lowest BCUT2D eigenvalue weighted by Crippen LogP contribution is -2.51. The molecule has 2 aliphatic heterocycles. The normalized spacial score (nSPS) is 30.9. The Morgan fingerprint density at radius 3 is 2.63 bits per heavy atom. The highest BCUT2D eigenvalue weighted by Gasteiger charge is 2.56. The molecule has 2 atom stereocenters. The van der Waals surface area contributed by atoms with Crippen molar-refractivity contribution in [1.29, 1.82) is 0 Å². The molecule has 2 heterocycles. The number of fused-ring (bicyclic) bond motifs is 1. The predicted molar refractivity (Wildman–Crippen MR) is 66.8 cm³/mol. The summed E-state index contributed by atoms with van der Waals surface area (Å²) in [7, 11) is 0. The number of amides is 1. The van der Waals surface area contributed by atoms with Gasteiger partial charge in [-0.25, -0.2) is 9.59 Å². The highest BCUT2D eigenvalue weighted by atomic mass is 16.6. The van der Waals surface area contributed by atoms with Crippen molar-refractivity contribution in [3.63, 3.8) is 0 Å². The second kappa shape index (κ2) is 4.67. The van der Waals surface area contributed by atoms with Crippen LogP contribution in [-0.4, -0.2) is 53.0 Å². The fourth-order valence-corrected chi connectivity index (χ4v) is 2.73. The molecular weight excluding hydrogens is 250 g/mol. The first-order valence-corrected chi connectivity index (χ1v) is 6.60. The number of rotatable bonds is 1. The standard InChI is InChI=1S/C13H21NO5/c1-12(2,3)19-11(17)14-7-9-5-4-6-18-13(9,8-14)10(15)16/h9H,4-8H2,1-3H3,(H,15,16)/t9-,13+/m0/s1. The molecule has 0 unspecified atom stereocenters. The van der Waals surface area contributed by atoms with E-state index < -0.39 is 23.3 Å². The smallest absolute Gasteiger partial charge is 0.410 e. The van der Waals surface area contributed by atoms with Gasteiger partial charge in [0, 0.05) is 19.1 Å². The van der Waals surface area contributed by atoms with Crippen molar-refractivity contribution in [2.45, 2.75) is 44.8 Å². The third-order valence-electron chi connectivity index (χ3n) is 3.60. The fraction of sp³-hybridized carbons (Fsp3) is 0.846. The Kier molecular flexibility index (Phi) is 3.47. The molecule has 6 heteroatoms. The minimum atomic E-state index is -1.24. The largest absolute Gasteiger partial charge is 0.479 e. The van der Waals surface area contributed by atoms with Gasteiger partial charge in [-0.15, -0.1) is 0 Å². The van der Waals surface area contributed by atoms with E-state index in [4.69, 9.17) is 9.47 Å². The quantitative estimate of drug-likeness (QED) is 0.782. The number of hydrogen-bond donors (Lipinski definition) is 1. The molecule has 0 aliphatic carbocycles. The van der Waals surface area contributed by atoms with Gasteiger partial charge in [-0.2, -0.15) is 0 Å². The van der Waals surface area contributed by atoms with Gasteiger partial charge in [0.2, 0.25) is 0 Å². The van der Waals surface area contributed by atoms with E-state index in [1.807, 2.05) is 0 Å². The van der Waals surface area contributed by atoms with E-state index in [0.717, 1.165) is 12.8 Å². The van der Waals surface area contributed by atoms with Crippen molar-refractivity contribution >= 4 is 12.1 Å². The number of aliphatic carboxylic acids is 1. The third kappa shape index (κ3) is 2.68. The summed E-state index contributed by atoms with van der Waals surface area (Å²) in [6, 6.07) is 0. The molecule has 0 aromatic rings. The first kappa shape index (κ1) is 14.1. The maximum Gasteiger partial charge on any atom is 0.410 e. The number of ether oxygens (including phenoxy) is 2. The molecule has 6 nitrogen and oxygen atoms in total. The van der Waals surface area contributed by atoms with Crippen LogP contribution in [0.15, 0.2) is 0 Å². The summed E-state index contributed by atoms with van der Waals surface area (Å²) < 4.78 is 10.8. The number of carbonyl (C=O) groups excluding carboxylic acids is 1. The van der Waals surface area contributed by atoms with Crippen LogP contribution in [0.1, 0.15) is 33.6 Å². The Morgan fingerprint density at radius 1 is 1.42 bits per heavy atom. The molecular formula is C13H21NO5. The van der Waals surface area contributed by atoms with Crippen molar-refractivity contribution in [2.75, 3.05) is 19.7 Å². The molecule has 0 aromatic heterocycles. The molecule has 0 radical (unpaired) electrons. The van der Waals surface area contributed by atoms with Crippen LogP contribution in [0.25, 0.3) is 0 Å². The summed E-state index contributed by atoms with van der Waals surface area (Å²) in [4.78, 5) is 25.0. The fourth-order valence-electron chi connectivity index (χ4n) is 2.73. The molecule has 2 saturated heterocycles. The van der Waals surface area contributed by atoms with Gasteiger partial charge in [0.05, 0.1) is 6.54 Å². The Labute approximate surface area is 112 Å². The molecule has 2 fully saturated rings. The van der Waals surface area contributed by atoms with Crippen LogP contribution in [0.3, 0.4) is 0 Å². The summed E-state index contributed by atoms with van der Waals surface area (Å²) in [5.41, 5.74) is -1.82. The van der Waals surface area contributed by atoms with Gasteiger partial charge < -0.3 is 19.5 Å². The van der Waals surface area contributed by atoms with E-state index in [1.54, 1.807) is 20.8 Å². The minimum Gasteiger partial charge on any atom is -0.479 e. The minimum absolute atomic E-state index is 0.0713. The Balaban J connectivity index is 2.11. The van der Waals surface area contributed by atoms with Gasteiger partial charge in [-0.3, -0.25) is 0 Å². The van der Waals surface area contributed by atoms with Gasteiger partial charge in [-0.1, -0.05) is 0 Å². The van der Waals surface area contributed by atoms with Crippen LogP contribution >= 0.6 is 0 Å². The van der Waals surface area contributed by atoms with E-state index in [2.05, 4.69) is 0 Å². The molecule has 1 amide bonds. The maximum atomic E-state index is 12.0. The van der Waals surface area contributed by atoms with Gasteiger partial charge in [0.15, 0.2) is 5.60 Å². The SMILES string of the molecule is CC(C)(C)OC(=O)N1C[C@@H]2CCCO[C@]2(C(=O)O)C1. The Morgan fingerprint density at radius 2 is 2.11 bits per heavy atom. The van der Waals surface area contributed by atoms with Crippen molar-refractivity contribution in [3.8, 4) is 0 Å². The van der Waals surface area contributed by atoms with Gasteiger partial charge in [0.1, 0.15) is 5.60 Å². The number of nitrogens with zero attached hydrogens (tertiary/aromatic N) is 1. The van der Waals surface area contributed by atoms with Crippen LogP contribution in [0, 0.1) is 5.92 Å². The highest BCUT2D eigenvalue weighted by molar-refractivity contribution is 5.81. The lowest BCUT2D eigenvalue weighted by molar-refractivity contribution is -0.175. The lowest BCUT2D eigenvalue weighted by atomic mass is 9.85. The molecule has 1 N–H and O–H groups in total. The van der Waals surface area contributed by atoms with Crippen molar-refractivity contribution < 1.29 is 24.2 Å². The summed E-state index contributed by atoms with van der Waals surface area (Å²) in [6.45, 7) is 6.26. The molecule has 0 bridgehead atoms. The van der Waals surface area contributed by atoms with E-state index in [1.165, 1.54) is 4.90 Å². The first-order valence-electron chi connectivity index (χ1n) is 6.60. The second-order valence-electron chi connectivity index (χ2n) is 6.24. The van der Waals surface area contributed by atoms with E-state index in [0.29, 0.717) is 13.2 Å². The molecule has 2 rings (SSSR count). The van der Waals surface area contributed by atoms with Crippen LogP contribution < -0.4 is 0 Å². The summed E-state index contributed by atoms with van der Waals surface area (Å²) in [5.74, 6) is -1.13. The zero-order valence-electron chi connectivity index (χ0n) is 11.6. The first-order chi connectivity index (χ1) is 8.74. The topological polar surface area (TPSA) is 76.1 Å². The van der Waals surface area contributed by atoms with Gasteiger partial charge >= 0.3 is 12.1 Å². The zero-order chi connectivity index (χ0) is 14.3. The highest BCUT2D eigenvalue weighted by Crippen LogP contribution is 2.38. The van der Waals surface area contributed by atoms with Gasteiger partial charge in [0.25, 0.3) is 0 Å². The van der Waals surface area contributed by atoms with Crippen molar-refractivity contribution in [2.24, 2.45) is 5.92 Å². The van der Waals surface area contributed by atoms with E-state index in [-0.39, 0.29) is 12.5 Å². The number of likely N-dealkylation sites (tertiary alicyclic amines) is 1. The number of carboxylic acids is 1. The summed E-state index contributed by atoms with van der Waals surface area (Å²) >= 11 is 0. The molecule has 2 aliphatic rings.